The average molecular weight is 407 g/mol. The molecule has 0 spiro atoms. The summed E-state index contributed by atoms with van der Waals surface area (Å²) in [6, 6.07) is 15.3. The number of pyridine rings is 1. The molecule has 0 aliphatic heterocycles. The van der Waals surface area contributed by atoms with E-state index >= 15 is 0 Å². The third kappa shape index (κ3) is 3.42. The van der Waals surface area contributed by atoms with Crippen molar-refractivity contribution in [3.05, 3.63) is 66.1 Å². The normalized spacial score (nSPS) is 12.4. The van der Waals surface area contributed by atoms with Gasteiger partial charge < -0.3 is 4.52 Å². The van der Waals surface area contributed by atoms with E-state index in [0.717, 1.165) is 33.2 Å². The summed E-state index contributed by atoms with van der Waals surface area (Å²) in [5, 5.41) is 4.74. The second kappa shape index (κ2) is 6.77. The first-order chi connectivity index (χ1) is 13.7. The Balaban J connectivity index is 1.96. The molecule has 0 fully saturated rings. The quantitative estimate of drug-likeness (QED) is 0.494. The Morgan fingerprint density at radius 1 is 1.00 bits per heavy atom. The Morgan fingerprint density at radius 2 is 1.76 bits per heavy atom. The van der Waals surface area contributed by atoms with Gasteiger partial charge >= 0.3 is 0 Å². The Kier molecular flexibility index (Phi) is 4.50. The zero-order valence-electron chi connectivity index (χ0n) is 16.7. The molecule has 0 bridgehead atoms. The van der Waals surface area contributed by atoms with E-state index < -0.39 is 14.6 Å². The third-order valence-corrected chi connectivity index (χ3v) is 7.36. The fraction of sp³-hybridized carbons (Fsp3) is 0.227. The number of aryl methyl sites for hydroxylation is 1. The lowest BCUT2D eigenvalue weighted by Gasteiger charge is -2.24. The highest BCUT2D eigenvalue weighted by Crippen LogP contribution is 2.37. The van der Waals surface area contributed by atoms with Gasteiger partial charge in [0.15, 0.2) is 15.7 Å². The van der Waals surface area contributed by atoms with Gasteiger partial charge in [-0.3, -0.25) is 4.98 Å². The molecule has 2 aromatic carbocycles. The zero-order valence-corrected chi connectivity index (χ0v) is 17.5. The lowest BCUT2D eigenvalue weighted by Crippen LogP contribution is -2.28. The van der Waals surface area contributed by atoms with E-state index in [2.05, 4.69) is 15.1 Å². The predicted octanol–water partition coefficient (Wildman–Crippen LogP) is 4.54. The summed E-state index contributed by atoms with van der Waals surface area (Å²) in [6.45, 7) is 5.22. The molecule has 2 heterocycles. The van der Waals surface area contributed by atoms with Crippen LogP contribution >= 0.6 is 0 Å². The zero-order chi connectivity index (χ0) is 20.8. The lowest BCUT2D eigenvalue weighted by molar-refractivity contribution is 0.425. The van der Waals surface area contributed by atoms with Crippen LogP contribution in [0.5, 0.6) is 0 Å². The maximum absolute atomic E-state index is 12.4. The second-order valence-corrected chi connectivity index (χ2v) is 10.2. The predicted molar refractivity (Wildman–Crippen MR) is 113 cm³/mol. The van der Waals surface area contributed by atoms with Crippen molar-refractivity contribution >= 4 is 20.7 Å². The van der Waals surface area contributed by atoms with Gasteiger partial charge in [0.25, 0.3) is 5.89 Å². The Morgan fingerprint density at radius 3 is 2.45 bits per heavy atom. The minimum absolute atomic E-state index is 0.439. The molecule has 29 heavy (non-hydrogen) atoms. The van der Waals surface area contributed by atoms with Crippen LogP contribution in [0.3, 0.4) is 0 Å². The van der Waals surface area contributed by atoms with Crippen LogP contribution in [0.15, 0.2) is 59.3 Å². The Bertz CT molecular complexity index is 1320. The number of hydrogen-bond acceptors (Lipinski definition) is 6. The fourth-order valence-electron chi connectivity index (χ4n) is 3.21. The molecule has 0 saturated carbocycles. The molecule has 0 saturated heterocycles. The van der Waals surface area contributed by atoms with Crippen LogP contribution in [0.4, 0.5) is 0 Å². The molecule has 0 amide bonds. The lowest BCUT2D eigenvalue weighted by atomic mass is 9.93. The van der Waals surface area contributed by atoms with E-state index in [4.69, 9.17) is 4.52 Å². The fourth-order valence-corrected chi connectivity index (χ4v) is 3.75. The van der Waals surface area contributed by atoms with Crippen molar-refractivity contribution < 1.29 is 12.9 Å². The molecule has 0 unspecified atom stereocenters. The molecule has 0 aliphatic carbocycles. The summed E-state index contributed by atoms with van der Waals surface area (Å²) in [6.07, 6.45) is 3.00. The first kappa shape index (κ1) is 19.3. The minimum Gasteiger partial charge on any atom is -0.334 e. The van der Waals surface area contributed by atoms with Crippen molar-refractivity contribution in [3.63, 3.8) is 0 Å². The molecule has 148 valence electrons. The number of nitrogens with zero attached hydrogens (tertiary/aromatic N) is 3. The molecule has 0 atom stereocenters. The molecule has 4 rings (SSSR count). The first-order valence-corrected chi connectivity index (χ1v) is 11.1. The molecule has 0 N–H and O–H groups in total. The van der Waals surface area contributed by atoms with Gasteiger partial charge in [0.1, 0.15) is 0 Å². The van der Waals surface area contributed by atoms with Gasteiger partial charge in [-0.15, -0.1) is 0 Å². The van der Waals surface area contributed by atoms with E-state index in [1.54, 1.807) is 27.0 Å². The highest BCUT2D eigenvalue weighted by Gasteiger charge is 2.33. The van der Waals surface area contributed by atoms with Crippen LogP contribution < -0.4 is 0 Å². The highest BCUT2D eigenvalue weighted by molar-refractivity contribution is 7.91. The highest BCUT2D eigenvalue weighted by atomic mass is 32.2. The summed E-state index contributed by atoms with van der Waals surface area (Å²) < 4.78 is 29.1. The monoisotopic (exact) mass is 407 g/mol. The number of hydrogen-bond donors (Lipinski definition) is 0. The second-order valence-electron chi connectivity index (χ2n) is 7.61. The summed E-state index contributed by atoms with van der Waals surface area (Å²) in [4.78, 5) is 8.84. The summed E-state index contributed by atoms with van der Waals surface area (Å²) >= 11 is 0. The molecular formula is C22H21N3O3S. The Hall–Kier alpha value is -3.06. The van der Waals surface area contributed by atoms with Crippen LogP contribution in [0.2, 0.25) is 0 Å². The number of rotatable bonds is 4. The van der Waals surface area contributed by atoms with Gasteiger partial charge in [0, 0.05) is 29.0 Å². The maximum atomic E-state index is 12.4. The number of aromatic nitrogens is 3. The van der Waals surface area contributed by atoms with E-state index in [0.29, 0.717) is 11.7 Å². The van der Waals surface area contributed by atoms with Gasteiger partial charge in [-0.1, -0.05) is 23.4 Å². The van der Waals surface area contributed by atoms with Gasteiger partial charge in [0.2, 0.25) is 0 Å². The first-order valence-electron chi connectivity index (χ1n) is 9.17. The van der Waals surface area contributed by atoms with Crippen molar-refractivity contribution in [2.24, 2.45) is 0 Å². The largest absolute Gasteiger partial charge is 0.334 e. The van der Waals surface area contributed by atoms with Gasteiger partial charge in [-0.25, -0.2) is 8.42 Å². The van der Waals surface area contributed by atoms with Gasteiger partial charge in [-0.05, 0) is 62.2 Å². The minimum atomic E-state index is -3.33. The number of benzene rings is 2. The SMILES string of the molecule is Cc1noc(-c2cccc(-c3cc(C(C)(C)S(C)(=O)=O)cc4cccnc34)c2)n1. The van der Waals surface area contributed by atoms with Crippen molar-refractivity contribution in [2.45, 2.75) is 25.5 Å². The van der Waals surface area contributed by atoms with Crippen LogP contribution in [0.25, 0.3) is 33.5 Å². The molecule has 7 heteroatoms. The number of sulfone groups is 1. The van der Waals surface area contributed by atoms with Crippen LogP contribution in [-0.4, -0.2) is 29.8 Å². The van der Waals surface area contributed by atoms with E-state index in [-0.39, 0.29) is 0 Å². The topological polar surface area (TPSA) is 86.0 Å². The van der Waals surface area contributed by atoms with Crippen LogP contribution in [0.1, 0.15) is 25.2 Å². The maximum Gasteiger partial charge on any atom is 0.257 e. The van der Waals surface area contributed by atoms with Crippen molar-refractivity contribution in [1.29, 1.82) is 0 Å². The van der Waals surface area contributed by atoms with E-state index in [1.807, 2.05) is 48.5 Å². The molecule has 2 aromatic heterocycles. The van der Waals surface area contributed by atoms with Crippen molar-refractivity contribution in [3.8, 4) is 22.6 Å². The third-order valence-electron chi connectivity index (χ3n) is 5.28. The molecule has 6 nitrogen and oxygen atoms in total. The van der Waals surface area contributed by atoms with E-state index in [1.165, 1.54) is 6.26 Å². The summed E-state index contributed by atoms with van der Waals surface area (Å²) in [5.74, 6) is 1.00. The van der Waals surface area contributed by atoms with Crippen molar-refractivity contribution in [1.82, 2.24) is 15.1 Å². The molecule has 0 radical (unpaired) electrons. The van der Waals surface area contributed by atoms with Crippen LogP contribution in [-0.2, 0) is 14.6 Å². The summed E-state index contributed by atoms with van der Waals surface area (Å²) in [5.41, 5.74) is 4.06. The number of fused-ring (bicyclic) bond motifs is 1. The molecule has 4 aromatic rings. The summed E-state index contributed by atoms with van der Waals surface area (Å²) in [7, 11) is -3.33. The Labute approximate surface area is 169 Å². The molecular weight excluding hydrogens is 386 g/mol. The molecule has 0 aliphatic rings. The van der Waals surface area contributed by atoms with Crippen LogP contribution in [0, 0.1) is 6.92 Å². The van der Waals surface area contributed by atoms with Gasteiger partial charge in [-0.2, -0.15) is 4.98 Å². The average Bonchev–Trinajstić information content (AvgIpc) is 3.13. The standard InChI is InChI=1S/C22H21N3O3S/c1-14-24-21(28-25-14)17-8-5-7-15(11-17)19-13-18(22(2,3)29(4,26)27)12-16-9-6-10-23-20(16)19/h5-13H,1-4H3. The van der Waals surface area contributed by atoms with Gasteiger partial charge in [0.05, 0.1) is 10.3 Å². The van der Waals surface area contributed by atoms with E-state index in [9.17, 15) is 8.42 Å². The smallest absolute Gasteiger partial charge is 0.257 e. The van der Waals surface area contributed by atoms with Crippen molar-refractivity contribution in [2.75, 3.05) is 6.26 Å².